The van der Waals surface area contributed by atoms with Crippen molar-refractivity contribution in [2.75, 3.05) is 4.90 Å². The van der Waals surface area contributed by atoms with E-state index in [1.165, 1.54) is 25.7 Å². The zero-order valence-corrected chi connectivity index (χ0v) is 9.00. The first-order valence-electron chi connectivity index (χ1n) is 5.80. The van der Waals surface area contributed by atoms with Gasteiger partial charge in [0.25, 0.3) is 5.69 Å². The Morgan fingerprint density at radius 3 is 2.56 bits per heavy atom. The van der Waals surface area contributed by atoms with Crippen molar-refractivity contribution in [2.24, 2.45) is 0 Å². The number of nitrogens with zero attached hydrogens (tertiary/aromatic N) is 2. The van der Waals surface area contributed by atoms with E-state index >= 15 is 0 Å². The standard InChI is InChI=1S/C12H14N2O2/c15-14(16)10-5-3-4-9(8-10)13-11-6-1-2-7-12(11)13/h3-5,8,11-12H,1-2,6-7H2/t11-,12+,13?. The number of benzene rings is 1. The van der Waals surface area contributed by atoms with E-state index in [9.17, 15) is 10.1 Å². The summed E-state index contributed by atoms with van der Waals surface area (Å²) in [6.45, 7) is 0. The molecule has 1 aromatic carbocycles. The predicted octanol–water partition coefficient (Wildman–Crippen LogP) is 2.73. The van der Waals surface area contributed by atoms with Crippen LogP contribution in [-0.4, -0.2) is 17.0 Å². The topological polar surface area (TPSA) is 46.1 Å². The van der Waals surface area contributed by atoms with Gasteiger partial charge in [-0.25, -0.2) is 0 Å². The maximum Gasteiger partial charge on any atom is 0.271 e. The molecule has 2 fully saturated rings. The lowest BCUT2D eigenvalue weighted by molar-refractivity contribution is -0.384. The molecule has 0 amide bonds. The van der Waals surface area contributed by atoms with Crippen LogP contribution in [0, 0.1) is 10.1 Å². The number of hydrogen-bond donors (Lipinski definition) is 0. The maximum atomic E-state index is 10.7. The van der Waals surface area contributed by atoms with Gasteiger partial charge in [0, 0.05) is 29.9 Å². The lowest BCUT2D eigenvalue weighted by atomic mass is 10.0. The Morgan fingerprint density at radius 1 is 1.25 bits per heavy atom. The summed E-state index contributed by atoms with van der Waals surface area (Å²) in [5, 5.41) is 10.7. The van der Waals surface area contributed by atoms with Gasteiger partial charge in [-0.1, -0.05) is 18.9 Å². The Balaban J connectivity index is 1.85. The molecule has 4 heteroatoms. The highest BCUT2D eigenvalue weighted by atomic mass is 16.6. The van der Waals surface area contributed by atoms with Gasteiger partial charge in [0.15, 0.2) is 0 Å². The van der Waals surface area contributed by atoms with Gasteiger partial charge in [-0.2, -0.15) is 0 Å². The summed E-state index contributed by atoms with van der Waals surface area (Å²) in [5.41, 5.74) is 1.22. The van der Waals surface area contributed by atoms with Crippen molar-refractivity contribution < 1.29 is 4.92 Å². The van der Waals surface area contributed by atoms with Crippen LogP contribution in [0.4, 0.5) is 11.4 Å². The number of anilines is 1. The first-order valence-corrected chi connectivity index (χ1v) is 5.80. The Hall–Kier alpha value is -1.58. The zero-order valence-electron chi connectivity index (χ0n) is 9.00. The molecular weight excluding hydrogens is 204 g/mol. The number of rotatable bonds is 2. The number of hydrogen-bond acceptors (Lipinski definition) is 3. The second-order valence-corrected chi connectivity index (χ2v) is 4.60. The molecule has 1 saturated heterocycles. The van der Waals surface area contributed by atoms with Gasteiger partial charge in [0.05, 0.1) is 4.92 Å². The highest BCUT2D eigenvalue weighted by Gasteiger charge is 2.48. The molecule has 0 N–H and O–H groups in total. The van der Waals surface area contributed by atoms with Gasteiger partial charge >= 0.3 is 0 Å². The van der Waals surface area contributed by atoms with Crippen molar-refractivity contribution in [3.63, 3.8) is 0 Å². The minimum absolute atomic E-state index is 0.196. The Bertz CT molecular complexity index is 421. The quantitative estimate of drug-likeness (QED) is 0.435. The summed E-state index contributed by atoms with van der Waals surface area (Å²) in [4.78, 5) is 12.7. The third-order valence-electron chi connectivity index (χ3n) is 3.66. The first kappa shape index (κ1) is 9.63. The fourth-order valence-corrected chi connectivity index (χ4v) is 2.86. The number of nitro groups is 1. The van der Waals surface area contributed by atoms with Gasteiger partial charge in [-0.3, -0.25) is 10.1 Å². The summed E-state index contributed by atoms with van der Waals surface area (Å²) in [5.74, 6) is 0. The minimum atomic E-state index is -0.323. The number of nitro benzene ring substituents is 1. The van der Waals surface area contributed by atoms with Gasteiger partial charge < -0.3 is 4.90 Å². The zero-order chi connectivity index (χ0) is 11.1. The average molecular weight is 218 g/mol. The molecule has 4 nitrogen and oxygen atoms in total. The molecule has 1 aliphatic heterocycles. The van der Waals surface area contributed by atoms with Crippen molar-refractivity contribution in [1.82, 2.24) is 0 Å². The van der Waals surface area contributed by atoms with Crippen molar-refractivity contribution in [1.29, 1.82) is 0 Å². The van der Waals surface area contributed by atoms with Crippen molar-refractivity contribution >= 4 is 11.4 Å². The van der Waals surface area contributed by atoms with Gasteiger partial charge in [-0.15, -0.1) is 0 Å². The fraction of sp³-hybridized carbons (Fsp3) is 0.500. The molecule has 84 valence electrons. The molecule has 0 radical (unpaired) electrons. The fourth-order valence-electron chi connectivity index (χ4n) is 2.86. The number of fused-ring (bicyclic) bond motifs is 1. The molecule has 1 aromatic rings. The van der Waals surface area contributed by atoms with Gasteiger partial charge in [0.1, 0.15) is 0 Å². The van der Waals surface area contributed by atoms with Gasteiger partial charge in [-0.05, 0) is 18.9 Å². The molecule has 0 unspecified atom stereocenters. The van der Waals surface area contributed by atoms with E-state index in [2.05, 4.69) is 4.90 Å². The Labute approximate surface area is 94.0 Å². The van der Waals surface area contributed by atoms with Crippen molar-refractivity contribution in [3.05, 3.63) is 34.4 Å². The molecule has 16 heavy (non-hydrogen) atoms. The summed E-state index contributed by atoms with van der Waals surface area (Å²) in [7, 11) is 0. The van der Waals surface area contributed by atoms with Crippen LogP contribution in [0.5, 0.6) is 0 Å². The molecular formula is C12H14N2O2. The van der Waals surface area contributed by atoms with Crippen LogP contribution in [0.25, 0.3) is 0 Å². The van der Waals surface area contributed by atoms with E-state index in [0.29, 0.717) is 12.1 Å². The van der Waals surface area contributed by atoms with Gasteiger partial charge in [0.2, 0.25) is 0 Å². The minimum Gasteiger partial charge on any atom is -0.361 e. The van der Waals surface area contributed by atoms with E-state index in [1.54, 1.807) is 18.2 Å². The van der Waals surface area contributed by atoms with Crippen LogP contribution in [0.3, 0.4) is 0 Å². The molecule has 1 aliphatic carbocycles. The van der Waals surface area contributed by atoms with Crippen LogP contribution in [0.15, 0.2) is 24.3 Å². The Morgan fingerprint density at radius 2 is 1.94 bits per heavy atom. The normalized spacial score (nSPS) is 27.4. The lowest BCUT2D eigenvalue weighted by Crippen LogP contribution is -2.00. The third kappa shape index (κ3) is 1.45. The van der Waals surface area contributed by atoms with Crippen LogP contribution in [0.1, 0.15) is 25.7 Å². The lowest BCUT2D eigenvalue weighted by Gasteiger charge is -2.04. The molecule has 1 saturated carbocycles. The summed E-state index contributed by atoms with van der Waals surface area (Å²) in [6, 6.07) is 8.30. The summed E-state index contributed by atoms with van der Waals surface area (Å²) in [6.07, 6.45) is 5.08. The molecule has 2 aliphatic rings. The van der Waals surface area contributed by atoms with Crippen molar-refractivity contribution in [3.8, 4) is 0 Å². The van der Waals surface area contributed by atoms with E-state index in [0.717, 1.165) is 5.69 Å². The highest BCUT2D eigenvalue weighted by molar-refractivity contribution is 5.60. The molecule has 0 spiro atoms. The van der Waals surface area contributed by atoms with E-state index in [4.69, 9.17) is 0 Å². The second-order valence-electron chi connectivity index (χ2n) is 4.60. The second kappa shape index (κ2) is 3.47. The summed E-state index contributed by atoms with van der Waals surface area (Å²) >= 11 is 0. The molecule has 0 bridgehead atoms. The van der Waals surface area contributed by atoms with Crippen LogP contribution in [-0.2, 0) is 0 Å². The molecule has 2 atom stereocenters. The van der Waals surface area contributed by atoms with Crippen LogP contribution in [0.2, 0.25) is 0 Å². The third-order valence-corrected chi connectivity index (χ3v) is 3.66. The maximum absolute atomic E-state index is 10.7. The number of non-ortho nitro benzene ring substituents is 1. The predicted molar refractivity (Wildman–Crippen MR) is 61.6 cm³/mol. The molecule has 3 rings (SSSR count). The SMILES string of the molecule is O=[N+]([O-])c1cccc(N2[C@@H]3CCCC[C@@H]32)c1. The van der Waals surface area contributed by atoms with E-state index < -0.39 is 0 Å². The van der Waals surface area contributed by atoms with Crippen LogP contribution >= 0.6 is 0 Å². The smallest absolute Gasteiger partial charge is 0.271 e. The van der Waals surface area contributed by atoms with Crippen molar-refractivity contribution in [2.45, 2.75) is 37.8 Å². The van der Waals surface area contributed by atoms with E-state index in [-0.39, 0.29) is 10.6 Å². The molecule has 1 heterocycles. The first-order chi connectivity index (χ1) is 7.77. The Kier molecular flexibility index (Phi) is 2.09. The average Bonchev–Trinajstić information content (AvgIpc) is 3.03. The largest absolute Gasteiger partial charge is 0.361 e. The summed E-state index contributed by atoms with van der Waals surface area (Å²) < 4.78 is 0. The molecule has 0 aromatic heterocycles. The highest BCUT2D eigenvalue weighted by Crippen LogP contribution is 2.44. The van der Waals surface area contributed by atoms with Crippen LogP contribution < -0.4 is 4.90 Å². The van der Waals surface area contributed by atoms with E-state index in [1.807, 2.05) is 6.07 Å². The monoisotopic (exact) mass is 218 g/mol.